The summed E-state index contributed by atoms with van der Waals surface area (Å²) in [6.07, 6.45) is -1.32. The van der Waals surface area contributed by atoms with Gasteiger partial charge in [0.05, 0.1) is 0 Å². The van der Waals surface area contributed by atoms with Crippen LogP contribution in [0.25, 0.3) is 0 Å². The highest BCUT2D eigenvalue weighted by atomic mass is 31.2. The second-order valence-electron chi connectivity index (χ2n) is 7.35. The minimum absolute atomic E-state index is 0.126. The highest BCUT2D eigenvalue weighted by Gasteiger charge is 2.37. The second-order valence-corrected chi connectivity index (χ2v) is 9.86. The maximum atomic E-state index is 14.3. The molecule has 3 aromatic carbocycles. The SMILES string of the molecule is CC(C)[C@@H](NP(=O)(c1ccccc1)c1ccccc1)[C@@H](O)C(=O)c1ccccc1. The summed E-state index contributed by atoms with van der Waals surface area (Å²) in [6.45, 7) is 3.80. The molecule has 5 heteroatoms. The van der Waals surface area contributed by atoms with Gasteiger partial charge in [-0.25, -0.2) is 0 Å². The van der Waals surface area contributed by atoms with Gasteiger partial charge in [0.1, 0.15) is 6.10 Å². The number of benzene rings is 3. The van der Waals surface area contributed by atoms with Crippen LogP contribution in [0, 0.1) is 5.92 Å². The molecular weight excluding hydrogens is 381 g/mol. The Balaban J connectivity index is 2.00. The van der Waals surface area contributed by atoms with E-state index in [4.69, 9.17) is 0 Å². The largest absolute Gasteiger partial charge is 0.383 e. The fraction of sp³-hybridized carbons (Fsp3) is 0.208. The maximum absolute atomic E-state index is 14.3. The number of aliphatic hydroxyl groups is 1. The second kappa shape index (κ2) is 9.32. The summed E-state index contributed by atoms with van der Waals surface area (Å²) in [4.78, 5) is 12.9. The third-order valence-corrected chi connectivity index (χ3v) is 7.67. The van der Waals surface area contributed by atoms with Crippen molar-refractivity contribution in [2.75, 3.05) is 0 Å². The summed E-state index contributed by atoms with van der Waals surface area (Å²) >= 11 is 0. The molecule has 4 nitrogen and oxygen atoms in total. The molecule has 0 aliphatic heterocycles. The van der Waals surface area contributed by atoms with E-state index in [1.54, 1.807) is 24.3 Å². The Morgan fingerprint density at radius 1 is 0.793 bits per heavy atom. The summed E-state index contributed by atoms with van der Waals surface area (Å²) in [5, 5.41) is 15.4. The lowest BCUT2D eigenvalue weighted by atomic mass is 9.94. The Labute approximate surface area is 172 Å². The Hall–Kier alpha value is -2.52. The van der Waals surface area contributed by atoms with E-state index in [9.17, 15) is 14.5 Å². The van der Waals surface area contributed by atoms with Gasteiger partial charge < -0.3 is 5.11 Å². The number of nitrogens with one attached hydrogen (secondary N) is 1. The smallest absolute Gasteiger partial charge is 0.204 e. The molecule has 0 saturated heterocycles. The van der Waals surface area contributed by atoms with Crippen molar-refractivity contribution >= 4 is 23.7 Å². The number of ketones is 1. The van der Waals surface area contributed by atoms with Crippen LogP contribution in [0.5, 0.6) is 0 Å². The van der Waals surface area contributed by atoms with E-state index in [1.165, 1.54) is 0 Å². The molecule has 3 aromatic rings. The molecule has 150 valence electrons. The van der Waals surface area contributed by atoms with Crippen LogP contribution < -0.4 is 15.7 Å². The Bertz CT molecular complexity index is 931. The van der Waals surface area contributed by atoms with E-state index in [1.807, 2.05) is 80.6 Å². The lowest BCUT2D eigenvalue weighted by Gasteiger charge is -2.32. The highest BCUT2D eigenvalue weighted by molar-refractivity contribution is 7.76. The van der Waals surface area contributed by atoms with E-state index in [-0.39, 0.29) is 11.7 Å². The van der Waals surface area contributed by atoms with Crippen molar-refractivity contribution in [1.82, 2.24) is 5.09 Å². The first-order valence-electron chi connectivity index (χ1n) is 9.70. The number of rotatable bonds is 8. The van der Waals surface area contributed by atoms with Crippen LogP contribution in [-0.2, 0) is 4.57 Å². The van der Waals surface area contributed by atoms with E-state index in [0.717, 1.165) is 0 Å². The molecule has 0 unspecified atom stereocenters. The van der Waals surface area contributed by atoms with Gasteiger partial charge in [-0.2, -0.15) is 0 Å². The third-order valence-electron chi connectivity index (χ3n) is 4.96. The number of carbonyl (C=O) groups is 1. The predicted octanol–water partition coefficient (Wildman–Crippen LogP) is 3.77. The number of aliphatic hydroxyl groups excluding tert-OH is 1. The van der Waals surface area contributed by atoms with Crippen molar-refractivity contribution in [3.63, 3.8) is 0 Å². The van der Waals surface area contributed by atoms with Crippen LogP contribution in [0.1, 0.15) is 24.2 Å². The van der Waals surface area contributed by atoms with Gasteiger partial charge >= 0.3 is 0 Å². The number of carbonyl (C=O) groups excluding carboxylic acids is 1. The average Bonchev–Trinajstić information content (AvgIpc) is 2.78. The fourth-order valence-corrected chi connectivity index (χ4v) is 5.94. The topological polar surface area (TPSA) is 66.4 Å². The molecule has 0 heterocycles. The van der Waals surface area contributed by atoms with E-state index in [2.05, 4.69) is 5.09 Å². The minimum Gasteiger partial charge on any atom is -0.383 e. The zero-order valence-electron chi connectivity index (χ0n) is 16.6. The minimum atomic E-state index is -3.28. The van der Waals surface area contributed by atoms with Gasteiger partial charge in [-0.3, -0.25) is 14.4 Å². The van der Waals surface area contributed by atoms with Crippen molar-refractivity contribution in [3.05, 3.63) is 96.6 Å². The van der Waals surface area contributed by atoms with Crippen molar-refractivity contribution in [2.24, 2.45) is 5.92 Å². The molecule has 0 aliphatic rings. The standard InChI is InChI=1S/C24H26NO3P/c1-18(2)22(24(27)23(26)19-12-6-3-7-13-19)25-29(28,20-14-8-4-9-15-20)21-16-10-5-11-17-21/h3-18,22,24,27H,1-2H3,(H,25,28)/t22-,24-/m1/s1. The maximum Gasteiger partial charge on any atom is 0.204 e. The van der Waals surface area contributed by atoms with Crippen LogP contribution in [0.15, 0.2) is 91.0 Å². The fourth-order valence-electron chi connectivity index (χ4n) is 3.30. The van der Waals surface area contributed by atoms with Crippen LogP contribution >= 0.6 is 7.29 Å². The number of hydrogen-bond donors (Lipinski definition) is 2. The predicted molar refractivity (Wildman–Crippen MR) is 118 cm³/mol. The zero-order valence-corrected chi connectivity index (χ0v) is 17.5. The van der Waals surface area contributed by atoms with E-state index < -0.39 is 19.4 Å². The molecule has 0 amide bonds. The van der Waals surface area contributed by atoms with Gasteiger partial charge in [0.15, 0.2) is 5.78 Å². The molecule has 2 N–H and O–H groups in total. The lowest BCUT2D eigenvalue weighted by molar-refractivity contribution is 0.0633. The Morgan fingerprint density at radius 3 is 1.62 bits per heavy atom. The lowest BCUT2D eigenvalue weighted by Crippen LogP contribution is -2.48. The molecular formula is C24H26NO3P. The molecule has 3 rings (SSSR count). The summed E-state index contributed by atoms with van der Waals surface area (Å²) in [6, 6.07) is 26.3. The molecule has 0 saturated carbocycles. The van der Waals surface area contributed by atoms with Gasteiger partial charge in [-0.1, -0.05) is 80.6 Å². The normalized spacial score (nSPS) is 13.8. The first-order chi connectivity index (χ1) is 13.9. The van der Waals surface area contributed by atoms with Crippen LogP contribution in [0.3, 0.4) is 0 Å². The molecule has 0 radical (unpaired) electrons. The number of hydrogen-bond acceptors (Lipinski definition) is 3. The van der Waals surface area contributed by atoms with Crippen molar-refractivity contribution < 1.29 is 14.5 Å². The van der Waals surface area contributed by atoms with Gasteiger partial charge in [-0.05, 0) is 30.2 Å². The summed E-state index contributed by atoms with van der Waals surface area (Å²) in [5.41, 5.74) is 0.432. The quantitative estimate of drug-likeness (QED) is 0.441. The van der Waals surface area contributed by atoms with Crippen LogP contribution in [0.2, 0.25) is 0 Å². The molecule has 0 spiro atoms. The van der Waals surface area contributed by atoms with Crippen LogP contribution in [-0.4, -0.2) is 23.0 Å². The van der Waals surface area contributed by atoms with Crippen molar-refractivity contribution in [3.8, 4) is 0 Å². The molecule has 0 aromatic heterocycles. The van der Waals surface area contributed by atoms with Gasteiger partial charge in [-0.15, -0.1) is 0 Å². The molecule has 29 heavy (non-hydrogen) atoms. The molecule has 0 bridgehead atoms. The third kappa shape index (κ3) is 4.73. The van der Waals surface area contributed by atoms with E-state index >= 15 is 0 Å². The van der Waals surface area contributed by atoms with Crippen LogP contribution in [0.4, 0.5) is 0 Å². The Kier molecular flexibility index (Phi) is 6.81. The highest BCUT2D eigenvalue weighted by Crippen LogP contribution is 2.40. The van der Waals surface area contributed by atoms with E-state index in [0.29, 0.717) is 16.2 Å². The van der Waals surface area contributed by atoms with Gasteiger partial charge in [0.25, 0.3) is 0 Å². The average molecular weight is 407 g/mol. The zero-order chi connectivity index (χ0) is 20.9. The first kappa shape index (κ1) is 21.2. The summed E-state index contributed by atoms with van der Waals surface area (Å²) in [7, 11) is -3.28. The van der Waals surface area contributed by atoms with Crippen molar-refractivity contribution in [2.45, 2.75) is 26.0 Å². The summed E-state index contributed by atoms with van der Waals surface area (Å²) < 4.78 is 14.3. The van der Waals surface area contributed by atoms with Gasteiger partial charge in [0, 0.05) is 22.2 Å². The summed E-state index contributed by atoms with van der Waals surface area (Å²) in [5.74, 6) is -0.511. The Morgan fingerprint density at radius 2 is 1.21 bits per heavy atom. The monoisotopic (exact) mass is 407 g/mol. The molecule has 0 fully saturated rings. The first-order valence-corrected chi connectivity index (χ1v) is 11.4. The number of Topliss-reactive ketones (excluding diaryl/α,β-unsaturated/α-hetero) is 1. The molecule has 0 aliphatic carbocycles. The molecule has 2 atom stereocenters. The van der Waals surface area contributed by atoms with Crippen molar-refractivity contribution in [1.29, 1.82) is 0 Å². The van der Waals surface area contributed by atoms with Gasteiger partial charge in [0.2, 0.25) is 7.29 Å².